The van der Waals surface area contributed by atoms with E-state index < -0.39 is 0 Å². The molecule has 4 rings (SSSR count). The molecular weight excluding hydrogens is 440 g/mol. The van der Waals surface area contributed by atoms with Crippen molar-refractivity contribution in [2.75, 3.05) is 31.6 Å². The Balaban J connectivity index is 1.42. The molecule has 0 radical (unpaired) electrons. The fourth-order valence-corrected chi connectivity index (χ4v) is 4.45. The molecule has 168 valence electrons. The number of aromatic nitrogens is 2. The molecule has 0 amide bonds. The lowest BCUT2D eigenvalue weighted by Crippen LogP contribution is -2.52. The second-order valence-electron chi connectivity index (χ2n) is 8.32. The topological polar surface area (TPSA) is 33.5 Å². The van der Waals surface area contributed by atoms with E-state index in [-0.39, 0.29) is 12.1 Å². The Morgan fingerprint density at radius 1 is 1.16 bits per heavy atom. The van der Waals surface area contributed by atoms with Crippen LogP contribution in [0.1, 0.15) is 12.0 Å². The van der Waals surface area contributed by atoms with Crippen LogP contribution in [0.5, 0.6) is 5.75 Å². The maximum absolute atomic E-state index is 6.42. The SMILES string of the molecule is CN1CCN(c2ccc(OC(CCc3ccc(Cl)cc3)Cn3ccnc3)cc2)C(C=S)C1. The smallest absolute Gasteiger partial charge is 0.119 e. The summed E-state index contributed by atoms with van der Waals surface area (Å²) < 4.78 is 8.48. The Morgan fingerprint density at radius 3 is 2.62 bits per heavy atom. The molecule has 1 saturated heterocycles. The zero-order valence-electron chi connectivity index (χ0n) is 18.3. The van der Waals surface area contributed by atoms with Gasteiger partial charge in [-0.1, -0.05) is 36.0 Å². The Morgan fingerprint density at radius 2 is 1.94 bits per heavy atom. The summed E-state index contributed by atoms with van der Waals surface area (Å²) >= 11 is 11.3. The van der Waals surface area contributed by atoms with Gasteiger partial charge in [-0.25, -0.2) is 4.98 Å². The van der Waals surface area contributed by atoms with Crippen molar-refractivity contribution in [2.45, 2.75) is 31.5 Å². The predicted molar refractivity (Wildman–Crippen MR) is 135 cm³/mol. The molecule has 1 aliphatic rings. The molecule has 3 aromatic rings. The molecule has 2 heterocycles. The summed E-state index contributed by atoms with van der Waals surface area (Å²) in [6, 6.07) is 16.7. The van der Waals surface area contributed by atoms with E-state index in [9.17, 15) is 0 Å². The quantitative estimate of drug-likeness (QED) is 0.424. The average Bonchev–Trinajstić information content (AvgIpc) is 3.32. The van der Waals surface area contributed by atoms with Gasteiger partial charge in [-0.3, -0.25) is 0 Å². The van der Waals surface area contributed by atoms with Crippen molar-refractivity contribution in [1.82, 2.24) is 14.5 Å². The van der Waals surface area contributed by atoms with E-state index in [4.69, 9.17) is 28.6 Å². The van der Waals surface area contributed by atoms with Crippen LogP contribution in [-0.2, 0) is 13.0 Å². The molecule has 1 fully saturated rings. The minimum atomic E-state index is 0.0306. The number of hydrogen-bond acceptors (Lipinski definition) is 5. The van der Waals surface area contributed by atoms with Crippen molar-refractivity contribution in [1.29, 1.82) is 0 Å². The van der Waals surface area contributed by atoms with Crippen LogP contribution < -0.4 is 9.64 Å². The van der Waals surface area contributed by atoms with Crippen molar-refractivity contribution in [3.05, 3.63) is 77.8 Å². The van der Waals surface area contributed by atoms with E-state index in [0.29, 0.717) is 0 Å². The number of hydrogen-bond donors (Lipinski definition) is 0. The monoisotopic (exact) mass is 468 g/mol. The van der Waals surface area contributed by atoms with E-state index >= 15 is 0 Å². The van der Waals surface area contributed by atoms with Gasteiger partial charge in [-0.05, 0) is 61.9 Å². The summed E-state index contributed by atoms with van der Waals surface area (Å²) in [6.07, 6.45) is 7.46. The number of rotatable bonds is 9. The Hall–Kier alpha value is -2.41. The van der Waals surface area contributed by atoms with Crippen LogP contribution in [-0.4, -0.2) is 58.6 Å². The van der Waals surface area contributed by atoms with Crippen LogP contribution in [0.25, 0.3) is 0 Å². The highest BCUT2D eigenvalue weighted by Gasteiger charge is 2.23. The van der Waals surface area contributed by atoms with Gasteiger partial charge in [0.25, 0.3) is 0 Å². The second-order valence-corrected chi connectivity index (χ2v) is 9.03. The van der Waals surface area contributed by atoms with E-state index in [0.717, 1.165) is 49.8 Å². The zero-order chi connectivity index (χ0) is 22.3. The first-order chi connectivity index (χ1) is 15.6. The van der Waals surface area contributed by atoms with Crippen LogP contribution in [0.4, 0.5) is 5.69 Å². The molecule has 32 heavy (non-hydrogen) atoms. The van der Waals surface area contributed by atoms with Gasteiger partial charge in [0, 0.05) is 48.1 Å². The van der Waals surface area contributed by atoms with E-state index in [1.165, 1.54) is 11.3 Å². The number of ether oxygens (including phenoxy) is 1. The van der Waals surface area contributed by atoms with Gasteiger partial charge in [0.2, 0.25) is 0 Å². The number of aryl methyl sites for hydroxylation is 1. The van der Waals surface area contributed by atoms with Crippen LogP contribution in [0, 0.1) is 0 Å². The van der Waals surface area contributed by atoms with Crippen LogP contribution in [0.15, 0.2) is 67.3 Å². The van der Waals surface area contributed by atoms with Crippen molar-refractivity contribution >= 4 is 34.9 Å². The normalized spacial score (nSPS) is 17.8. The number of piperazine rings is 1. The van der Waals surface area contributed by atoms with Gasteiger partial charge >= 0.3 is 0 Å². The average molecular weight is 469 g/mol. The lowest BCUT2D eigenvalue weighted by molar-refractivity contribution is 0.170. The highest BCUT2D eigenvalue weighted by Crippen LogP contribution is 2.24. The summed E-state index contributed by atoms with van der Waals surface area (Å²) in [5.74, 6) is 0.878. The first kappa shape index (κ1) is 22.8. The van der Waals surface area contributed by atoms with Gasteiger partial charge < -0.3 is 19.1 Å². The molecule has 2 unspecified atom stereocenters. The third-order valence-electron chi connectivity index (χ3n) is 5.89. The highest BCUT2D eigenvalue weighted by atomic mass is 35.5. The minimum absolute atomic E-state index is 0.0306. The molecule has 0 bridgehead atoms. The molecule has 2 atom stereocenters. The summed E-state index contributed by atoms with van der Waals surface area (Å²) in [5, 5.41) is 2.63. The molecule has 0 N–H and O–H groups in total. The summed E-state index contributed by atoms with van der Waals surface area (Å²) in [5.41, 5.74) is 2.44. The highest BCUT2D eigenvalue weighted by molar-refractivity contribution is 7.79. The first-order valence-corrected chi connectivity index (χ1v) is 11.8. The molecule has 1 aliphatic heterocycles. The van der Waals surface area contributed by atoms with Crippen LogP contribution in [0.2, 0.25) is 5.02 Å². The van der Waals surface area contributed by atoms with E-state index in [1.807, 2.05) is 30.0 Å². The fraction of sp³-hybridized carbons (Fsp3) is 0.360. The standard InChI is InChI=1S/C25H29ClN4OS/c1-28-14-15-30(23(16-28)18-32)22-7-10-24(11-8-22)31-25(17-29-13-12-27-19-29)9-4-20-2-5-21(26)6-3-20/h2-3,5-8,10-13,18-19,23,25H,4,9,14-17H2,1H3. The van der Waals surface area contributed by atoms with Gasteiger partial charge in [-0.15, -0.1) is 0 Å². The number of likely N-dealkylation sites (N-methyl/N-ethyl adjacent to an activating group) is 1. The van der Waals surface area contributed by atoms with Gasteiger partial charge in [0.15, 0.2) is 0 Å². The molecule has 0 spiro atoms. The maximum Gasteiger partial charge on any atom is 0.119 e. The lowest BCUT2D eigenvalue weighted by atomic mass is 10.1. The summed E-state index contributed by atoms with van der Waals surface area (Å²) in [6.45, 7) is 3.72. The molecule has 0 saturated carbocycles. The van der Waals surface area contributed by atoms with Gasteiger partial charge in [-0.2, -0.15) is 0 Å². The summed E-state index contributed by atoms with van der Waals surface area (Å²) in [7, 11) is 2.14. The Bertz CT molecular complexity index is 978. The van der Waals surface area contributed by atoms with Crippen molar-refractivity contribution < 1.29 is 4.74 Å². The molecule has 5 nitrogen and oxygen atoms in total. The van der Waals surface area contributed by atoms with Gasteiger partial charge in [0.05, 0.1) is 18.9 Å². The molecule has 7 heteroatoms. The fourth-order valence-electron chi connectivity index (χ4n) is 4.10. The predicted octanol–water partition coefficient (Wildman–Crippen LogP) is 4.74. The van der Waals surface area contributed by atoms with Crippen LogP contribution in [0.3, 0.4) is 0 Å². The first-order valence-electron chi connectivity index (χ1n) is 11.0. The van der Waals surface area contributed by atoms with Crippen molar-refractivity contribution in [3.63, 3.8) is 0 Å². The molecule has 2 aromatic carbocycles. The minimum Gasteiger partial charge on any atom is -0.489 e. The summed E-state index contributed by atoms with van der Waals surface area (Å²) in [4.78, 5) is 8.86. The Labute approximate surface area is 200 Å². The molecule has 1 aromatic heterocycles. The van der Waals surface area contributed by atoms with Crippen molar-refractivity contribution in [3.8, 4) is 5.75 Å². The second kappa shape index (κ2) is 10.9. The number of benzene rings is 2. The largest absolute Gasteiger partial charge is 0.489 e. The number of anilines is 1. The lowest BCUT2D eigenvalue weighted by Gasteiger charge is -2.39. The van der Waals surface area contributed by atoms with Crippen molar-refractivity contribution in [2.24, 2.45) is 0 Å². The van der Waals surface area contributed by atoms with E-state index in [1.54, 1.807) is 6.20 Å². The van der Waals surface area contributed by atoms with Crippen LogP contribution >= 0.6 is 23.8 Å². The number of imidazole rings is 1. The van der Waals surface area contributed by atoms with E-state index in [2.05, 4.69) is 62.8 Å². The third-order valence-corrected chi connectivity index (χ3v) is 6.46. The third kappa shape index (κ3) is 6.09. The molecule has 0 aliphatic carbocycles. The zero-order valence-corrected chi connectivity index (χ0v) is 19.9. The number of thiocarbonyl (C=S) groups is 1. The Kier molecular flexibility index (Phi) is 7.79. The van der Waals surface area contributed by atoms with Gasteiger partial charge in [0.1, 0.15) is 11.9 Å². The number of nitrogens with zero attached hydrogens (tertiary/aromatic N) is 4. The molecular formula is C25H29ClN4OS. The maximum atomic E-state index is 6.42. The number of halogens is 1.